The van der Waals surface area contributed by atoms with Crippen molar-refractivity contribution < 1.29 is 14.7 Å². The first kappa shape index (κ1) is 14.5. The number of aliphatic carboxylic acids is 1. The summed E-state index contributed by atoms with van der Waals surface area (Å²) in [5.41, 5.74) is 6.97. The van der Waals surface area contributed by atoms with Gasteiger partial charge in [0, 0.05) is 25.0 Å². The Balaban J connectivity index is 1.92. The number of nitrogens with two attached hydrogens (primary N) is 1. The molecular formula is C15H20N2O3. The van der Waals surface area contributed by atoms with Crippen molar-refractivity contribution in [3.8, 4) is 0 Å². The molecule has 0 bridgehead atoms. The predicted octanol–water partition coefficient (Wildman–Crippen LogP) is 1.54. The molecule has 0 aromatic heterocycles. The molecule has 1 unspecified atom stereocenters. The van der Waals surface area contributed by atoms with E-state index in [9.17, 15) is 9.59 Å². The third kappa shape index (κ3) is 4.06. The molecule has 0 aliphatic heterocycles. The summed E-state index contributed by atoms with van der Waals surface area (Å²) in [6.45, 7) is 0.278. The Labute approximate surface area is 118 Å². The zero-order chi connectivity index (χ0) is 14.5. The number of carboxylic acid groups (broad SMARTS) is 1. The summed E-state index contributed by atoms with van der Waals surface area (Å²) in [4.78, 5) is 24.6. The lowest BCUT2D eigenvalue weighted by Crippen LogP contribution is -2.36. The van der Waals surface area contributed by atoms with Gasteiger partial charge in [-0.2, -0.15) is 0 Å². The van der Waals surface area contributed by atoms with Crippen LogP contribution in [0.4, 0.5) is 0 Å². The van der Waals surface area contributed by atoms with Gasteiger partial charge in [-0.1, -0.05) is 30.3 Å². The monoisotopic (exact) mass is 276 g/mol. The first-order chi connectivity index (χ1) is 9.58. The molecule has 1 amide bonds. The number of carbonyl (C=O) groups excluding carboxylic acids is 1. The zero-order valence-electron chi connectivity index (χ0n) is 11.4. The van der Waals surface area contributed by atoms with Crippen LogP contribution in [0.3, 0.4) is 0 Å². The fourth-order valence-electron chi connectivity index (χ4n) is 2.24. The van der Waals surface area contributed by atoms with Gasteiger partial charge >= 0.3 is 5.97 Å². The number of nitrogens with zero attached hydrogens (tertiary/aromatic N) is 1. The summed E-state index contributed by atoms with van der Waals surface area (Å²) < 4.78 is 0. The first-order valence-corrected chi connectivity index (χ1v) is 6.89. The average molecular weight is 276 g/mol. The second-order valence-corrected chi connectivity index (χ2v) is 5.18. The average Bonchev–Trinajstić information content (AvgIpc) is 3.24. The van der Waals surface area contributed by atoms with Crippen LogP contribution in [-0.2, 0) is 9.59 Å². The van der Waals surface area contributed by atoms with E-state index in [-0.39, 0.29) is 37.4 Å². The Morgan fingerprint density at radius 1 is 1.30 bits per heavy atom. The molecule has 3 N–H and O–H groups in total. The Morgan fingerprint density at radius 2 is 1.95 bits per heavy atom. The van der Waals surface area contributed by atoms with Crippen LogP contribution in [-0.4, -0.2) is 34.5 Å². The molecule has 0 saturated heterocycles. The summed E-state index contributed by atoms with van der Waals surface area (Å²) in [7, 11) is 0. The lowest BCUT2D eigenvalue weighted by Gasteiger charge is -2.23. The van der Waals surface area contributed by atoms with E-state index in [0.717, 1.165) is 18.4 Å². The highest BCUT2D eigenvalue weighted by atomic mass is 16.4. The summed E-state index contributed by atoms with van der Waals surface area (Å²) in [5.74, 6) is -0.930. The van der Waals surface area contributed by atoms with Crippen LogP contribution in [0, 0.1) is 0 Å². The van der Waals surface area contributed by atoms with Crippen LogP contribution in [0.15, 0.2) is 30.3 Å². The molecule has 1 atom stereocenters. The van der Waals surface area contributed by atoms with Crippen LogP contribution < -0.4 is 5.73 Å². The highest BCUT2D eigenvalue weighted by Crippen LogP contribution is 2.28. The molecule has 5 heteroatoms. The molecule has 1 aliphatic rings. The van der Waals surface area contributed by atoms with E-state index in [1.807, 2.05) is 30.3 Å². The molecule has 0 radical (unpaired) electrons. The van der Waals surface area contributed by atoms with Gasteiger partial charge in [-0.05, 0) is 18.4 Å². The van der Waals surface area contributed by atoms with Crippen molar-refractivity contribution in [2.75, 3.05) is 6.54 Å². The number of benzene rings is 1. The second kappa shape index (κ2) is 6.52. The number of carbonyl (C=O) groups is 2. The van der Waals surface area contributed by atoms with E-state index >= 15 is 0 Å². The molecule has 2 rings (SSSR count). The van der Waals surface area contributed by atoms with Gasteiger partial charge in [0.2, 0.25) is 5.91 Å². The third-order valence-electron chi connectivity index (χ3n) is 3.50. The molecule has 1 aromatic carbocycles. The number of hydrogen-bond donors (Lipinski definition) is 2. The lowest BCUT2D eigenvalue weighted by atomic mass is 10.0. The van der Waals surface area contributed by atoms with Crippen molar-refractivity contribution in [1.29, 1.82) is 0 Å². The normalized spacial score (nSPS) is 15.7. The van der Waals surface area contributed by atoms with Crippen LogP contribution in [0.5, 0.6) is 0 Å². The van der Waals surface area contributed by atoms with Crippen LogP contribution in [0.25, 0.3) is 0 Å². The van der Waals surface area contributed by atoms with Crippen LogP contribution in [0.1, 0.15) is 37.3 Å². The van der Waals surface area contributed by atoms with Gasteiger partial charge in [0.15, 0.2) is 0 Å². The molecular weight excluding hydrogens is 256 g/mol. The van der Waals surface area contributed by atoms with Crippen molar-refractivity contribution in [2.24, 2.45) is 5.73 Å². The van der Waals surface area contributed by atoms with Gasteiger partial charge in [0.25, 0.3) is 0 Å². The van der Waals surface area contributed by atoms with Crippen molar-refractivity contribution in [3.05, 3.63) is 35.9 Å². The van der Waals surface area contributed by atoms with E-state index in [0.29, 0.717) is 0 Å². The standard InChI is InChI=1S/C15H20N2O3/c16-13(11-4-2-1-3-5-11)10-14(18)17(12-6-7-12)9-8-15(19)20/h1-5,12-13H,6-10,16H2,(H,19,20). The maximum Gasteiger partial charge on any atom is 0.305 e. The highest BCUT2D eigenvalue weighted by molar-refractivity contribution is 5.78. The van der Waals surface area contributed by atoms with Gasteiger partial charge in [0.05, 0.1) is 6.42 Å². The molecule has 20 heavy (non-hydrogen) atoms. The minimum Gasteiger partial charge on any atom is -0.481 e. The van der Waals surface area contributed by atoms with Gasteiger partial charge in [-0.15, -0.1) is 0 Å². The minimum atomic E-state index is -0.879. The summed E-state index contributed by atoms with van der Waals surface area (Å²) in [5, 5.41) is 8.74. The number of hydrogen-bond acceptors (Lipinski definition) is 3. The van der Waals surface area contributed by atoms with E-state index in [1.165, 1.54) is 0 Å². The highest BCUT2D eigenvalue weighted by Gasteiger charge is 2.33. The Morgan fingerprint density at radius 3 is 2.50 bits per heavy atom. The van der Waals surface area contributed by atoms with Gasteiger partial charge < -0.3 is 15.7 Å². The summed E-state index contributed by atoms with van der Waals surface area (Å²) in [6.07, 6.45) is 2.14. The smallest absolute Gasteiger partial charge is 0.305 e. The molecule has 1 fully saturated rings. The van der Waals surface area contributed by atoms with E-state index in [1.54, 1.807) is 4.90 Å². The van der Waals surface area contributed by atoms with Crippen molar-refractivity contribution in [2.45, 2.75) is 37.8 Å². The largest absolute Gasteiger partial charge is 0.481 e. The van der Waals surface area contributed by atoms with Crippen LogP contribution >= 0.6 is 0 Å². The molecule has 1 aliphatic carbocycles. The number of rotatable bonds is 7. The Hall–Kier alpha value is -1.88. The quantitative estimate of drug-likeness (QED) is 0.791. The Kier molecular flexibility index (Phi) is 4.74. The molecule has 1 aromatic rings. The fraction of sp³-hybridized carbons (Fsp3) is 0.467. The number of carboxylic acids is 1. The maximum absolute atomic E-state index is 12.3. The van der Waals surface area contributed by atoms with Gasteiger partial charge in [0.1, 0.15) is 0 Å². The molecule has 5 nitrogen and oxygen atoms in total. The van der Waals surface area contributed by atoms with Crippen LogP contribution in [0.2, 0.25) is 0 Å². The predicted molar refractivity (Wildman–Crippen MR) is 75.0 cm³/mol. The van der Waals surface area contributed by atoms with Gasteiger partial charge in [-0.3, -0.25) is 9.59 Å². The van der Waals surface area contributed by atoms with E-state index < -0.39 is 5.97 Å². The summed E-state index contributed by atoms with van der Waals surface area (Å²) >= 11 is 0. The van der Waals surface area contributed by atoms with Gasteiger partial charge in [-0.25, -0.2) is 0 Å². The summed E-state index contributed by atoms with van der Waals surface area (Å²) in [6, 6.07) is 9.36. The molecule has 0 heterocycles. The lowest BCUT2D eigenvalue weighted by molar-refractivity contribution is -0.138. The maximum atomic E-state index is 12.3. The fourth-order valence-corrected chi connectivity index (χ4v) is 2.24. The Bertz CT molecular complexity index is 471. The molecule has 1 saturated carbocycles. The number of amides is 1. The van der Waals surface area contributed by atoms with Crippen molar-refractivity contribution in [3.63, 3.8) is 0 Å². The second-order valence-electron chi connectivity index (χ2n) is 5.18. The minimum absolute atomic E-state index is 0.0111. The SMILES string of the molecule is NC(CC(=O)N(CCC(=O)O)C1CC1)c1ccccc1. The molecule has 0 spiro atoms. The molecule has 108 valence electrons. The van der Waals surface area contributed by atoms with Crippen molar-refractivity contribution >= 4 is 11.9 Å². The van der Waals surface area contributed by atoms with E-state index in [4.69, 9.17) is 10.8 Å². The zero-order valence-corrected chi connectivity index (χ0v) is 11.4. The first-order valence-electron chi connectivity index (χ1n) is 6.89. The van der Waals surface area contributed by atoms with Crippen molar-refractivity contribution in [1.82, 2.24) is 4.90 Å². The third-order valence-corrected chi connectivity index (χ3v) is 3.50. The van der Waals surface area contributed by atoms with E-state index in [2.05, 4.69) is 0 Å². The topological polar surface area (TPSA) is 83.6 Å².